The van der Waals surface area contributed by atoms with E-state index in [-0.39, 0.29) is 0 Å². The minimum absolute atomic E-state index is 0.303. The zero-order valence-electron chi connectivity index (χ0n) is 7.37. The summed E-state index contributed by atoms with van der Waals surface area (Å²) in [6.07, 6.45) is 4.08. The molecule has 0 bridgehead atoms. The van der Waals surface area contributed by atoms with Crippen LogP contribution >= 0.6 is 22.6 Å². The number of carbonyl (C=O) groups excluding carboxylic acids is 1. The molecule has 0 atom stereocenters. The summed E-state index contributed by atoms with van der Waals surface area (Å²) in [6.45, 7) is 0. The number of ether oxygens (including phenoxy) is 1. The molecule has 0 spiro atoms. The zero-order valence-corrected chi connectivity index (χ0v) is 9.52. The van der Waals surface area contributed by atoms with Crippen LogP contribution in [0.3, 0.4) is 0 Å². The first-order valence-electron chi connectivity index (χ1n) is 4.29. The number of carbonyl (C=O) groups is 1. The monoisotopic (exact) mass is 304 g/mol. The Bertz CT molecular complexity index is 377. The maximum atomic E-state index is 11.0. The fourth-order valence-electron chi connectivity index (χ4n) is 1.04. The number of rotatable bonds is 3. The van der Waals surface area contributed by atoms with E-state index in [2.05, 4.69) is 4.98 Å². The number of nitrogens with two attached hydrogens (primary N) is 1. The molecule has 1 aliphatic rings. The number of aromatic nitrogens is 1. The summed E-state index contributed by atoms with van der Waals surface area (Å²) in [7, 11) is 0. The number of hydrogen-bond acceptors (Lipinski definition) is 3. The van der Waals surface area contributed by atoms with Crippen LogP contribution in [-0.2, 0) is 0 Å². The summed E-state index contributed by atoms with van der Waals surface area (Å²) in [4.78, 5) is 15.0. The predicted molar refractivity (Wildman–Crippen MR) is 59.1 cm³/mol. The molecule has 1 aromatic rings. The molecule has 0 unspecified atom stereocenters. The Labute approximate surface area is 95.0 Å². The highest BCUT2D eigenvalue weighted by atomic mass is 127. The van der Waals surface area contributed by atoms with E-state index in [1.54, 1.807) is 12.3 Å². The fraction of sp³-hybridized carbons (Fsp3) is 0.333. The van der Waals surface area contributed by atoms with Gasteiger partial charge in [-0.1, -0.05) is 0 Å². The third kappa shape index (κ3) is 2.14. The lowest BCUT2D eigenvalue weighted by Gasteiger charge is -2.05. The van der Waals surface area contributed by atoms with Crippen LogP contribution in [0.2, 0.25) is 0 Å². The van der Waals surface area contributed by atoms with Crippen LogP contribution < -0.4 is 10.5 Å². The van der Waals surface area contributed by atoms with Gasteiger partial charge in [0.2, 0.25) is 0 Å². The zero-order chi connectivity index (χ0) is 10.1. The second kappa shape index (κ2) is 3.72. The molecular formula is C9H9IN2O2. The summed E-state index contributed by atoms with van der Waals surface area (Å²) in [5.41, 5.74) is 5.61. The summed E-state index contributed by atoms with van der Waals surface area (Å²) in [5, 5.41) is 0. The number of pyridine rings is 1. The Hall–Kier alpha value is -0.850. The maximum Gasteiger partial charge on any atom is 0.251 e. The van der Waals surface area contributed by atoms with Gasteiger partial charge in [-0.05, 0) is 41.5 Å². The first kappa shape index (κ1) is 9.70. The Morgan fingerprint density at radius 2 is 2.36 bits per heavy atom. The van der Waals surface area contributed by atoms with Crippen LogP contribution in [0.4, 0.5) is 0 Å². The van der Waals surface area contributed by atoms with Crippen molar-refractivity contribution >= 4 is 28.5 Å². The van der Waals surface area contributed by atoms with Gasteiger partial charge >= 0.3 is 0 Å². The Morgan fingerprint density at radius 1 is 1.64 bits per heavy atom. The molecule has 0 aliphatic heterocycles. The number of nitrogens with zero attached hydrogens (tertiary/aromatic N) is 1. The summed E-state index contributed by atoms with van der Waals surface area (Å²) >= 11 is 1.97. The molecule has 1 amide bonds. The first-order valence-corrected chi connectivity index (χ1v) is 5.36. The molecule has 4 nitrogen and oxygen atoms in total. The van der Waals surface area contributed by atoms with E-state index in [4.69, 9.17) is 10.5 Å². The second-order valence-electron chi connectivity index (χ2n) is 3.19. The van der Waals surface area contributed by atoms with Crippen molar-refractivity contribution in [1.29, 1.82) is 0 Å². The van der Waals surface area contributed by atoms with Gasteiger partial charge in [-0.3, -0.25) is 4.79 Å². The minimum Gasteiger partial charge on any atom is -0.489 e. The van der Waals surface area contributed by atoms with Gasteiger partial charge in [0.25, 0.3) is 5.91 Å². The standard InChI is InChI=1S/C9H9IN2O2/c10-8-7(9(11)13)3-6(4-12-8)14-5-1-2-5/h3-5H,1-2H2,(H2,11,13). The molecule has 0 radical (unpaired) electrons. The number of primary amides is 1. The van der Waals surface area contributed by atoms with Gasteiger partial charge in [0.1, 0.15) is 9.45 Å². The Kier molecular flexibility index (Phi) is 2.58. The molecule has 74 valence electrons. The Balaban J connectivity index is 2.24. The van der Waals surface area contributed by atoms with Crippen molar-refractivity contribution < 1.29 is 9.53 Å². The third-order valence-corrected chi connectivity index (χ3v) is 2.77. The average molecular weight is 304 g/mol. The highest BCUT2D eigenvalue weighted by molar-refractivity contribution is 14.1. The second-order valence-corrected chi connectivity index (χ2v) is 4.21. The first-order chi connectivity index (χ1) is 6.66. The van der Waals surface area contributed by atoms with E-state index < -0.39 is 5.91 Å². The van der Waals surface area contributed by atoms with Crippen molar-refractivity contribution in [3.05, 3.63) is 21.5 Å². The quantitative estimate of drug-likeness (QED) is 0.677. The normalized spacial score (nSPS) is 15.2. The van der Waals surface area contributed by atoms with Gasteiger partial charge in [-0.25, -0.2) is 4.98 Å². The van der Waals surface area contributed by atoms with E-state index in [1.165, 1.54) is 0 Å². The number of amides is 1. The molecule has 0 aromatic carbocycles. The molecule has 5 heteroatoms. The van der Waals surface area contributed by atoms with Crippen molar-refractivity contribution in [2.75, 3.05) is 0 Å². The summed E-state index contributed by atoms with van der Waals surface area (Å²) in [5.74, 6) is 0.157. The minimum atomic E-state index is -0.469. The molecule has 2 N–H and O–H groups in total. The largest absolute Gasteiger partial charge is 0.489 e. The SMILES string of the molecule is NC(=O)c1cc(OC2CC2)cnc1I. The van der Waals surface area contributed by atoms with Gasteiger partial charge in [0.05, 0.1) is 17.9 Å². The molecule has 1 aromatic heterocycles. The molecular weight excluding hydrogens is 295 g/mol. The molecule has 1 heterocycles. The van der Waals surface area contributed by atoms with Crippen LogP contribution in [0.15, 0.2) is 12.3 Å². The lowest BCUT2D eigenvalue weighted by molar-refractivity contribution is 0.0998. The number of hydrogen-bond donors (Lipinski definition) is 1. The van der Waals surface area contributed by atoms with E-state index in [9.17, 15) is 4.79 Å². The molecule has 14 heavy (non-hydrogen) atoms. The molecule has 1 fully saturated rings. The van der Waals surface area contributed by atoms with Crippen LogP contribution in [0.1, 0.15) is 23.2 Å². The van der Waals surface area contributed by atoms with Gasteiger partial charge < -0.3 is 10.5 Å². The van der Waals surface area contributed by atoms with Crippen LogP contribution in [0, 0.1) is 3.70 Å². The molecule has 1 saturated carbocycles. The molecule has 0 saturated heterocycles. The highest BCUT2D eigenvalue weighted by Crippen LogP contribution is 2.27. The summed E-state index contributed by atoms with van der Waals surface area (Å²) in [6, 6.07) is 1.65. The van der Waals surface area contributed by atoms with E-state index >= 15 is 0 Å². The van der Waals surface area contributed by atoms with Crippen molar-refractivity contribution in [3.8, 4) is 5.75 Å². The van der Waals surface area contributed by atoms with Crippen LogP contribution in [-0.4, -0.2) is 17.0 Å². The van der Waals surface area contributed by atoms with Crippen molar-refractivity contribution in [2.24, 2.45) is 5.73 Å². The van der Waals surface area contributed by atoms with Gasteiger partial charge in [0.15, 0.2) is 0 Å². The van der Waals surface area contributed by atoms with Gasteiger partial charge in [-0.2, -0.15) is 0 Å². The maximum absolute atomic E-state index is 11.0. The molecule has 1 aliphatic carbocycles. The predicted octanol–water partition coefficient (Wildman–Crippen LogP) is 1.33. The van der Waals surface area contributed by atoms with Crippen LogP contribution in [0.5, 0.6) is 5.75 Å². The Morgan fingerprint density at radius 3 is 2.93 bits per heavy atom. The molecule has 2 rings (SSSR count). The average Bonchev–Trinajstić information content (AvgIpc) is 2.92. The summed E-state index contributed by atoms with van der Waals surface area (Å²) < 4.78 is 6.11. The number of halogens is 1. The van der Waals surface area contributed by atoms with E-state index in [0.29, 0.717) is 21.1 Å². The van der Waals surface area contributed by atoms with Gasteiger partial charge in [-0.15, -0.1) is 0 Å². The van der Waals surface area contributed by atoms with E-state index in [1.807, 2.05) is 22.6 Å². The third-order valence-electron chi connectivity index (χ3n) is 1.91. The van der Waals surface area contributed by atoms with E-state index in [0.717, 1.165) is 12.8 Å². The smallest absolute Gasteiger partial charge is 0.251 e. The lowest BCUT2D eigenvalue weighted by atomic mass is 10.3. The van der Waals surface area contributed by atoms with Crippen molar-refractivity contribution in [2.45, 2.75) is 18.9 Å². The van der Waals surface area contributed by atoms with Crippen molar-refractivity contribution in [3.63, 3.8) is 0 Å². The van der Waals surface area contributed by atoms with Crippen LogP contribution in [0.25, 0.3) is 0 Å². The topological polar surface area (TPSA) is 65.2 Å². The fourth-order valence-corrected chi connectivity index (χ4v) is 1.61. The van der Waals surface area contributed by atoms with Gasteiger partial charge in [0, 0.05) is 0 Å². The lowest BCUT2D eigenvalue weighted by Crippen LogP contribution is -2.14. The van der Waals surface area contributed by atoms with Crippen molar-refractivity contribution in [1.82, 2.24) is 4.98 Å². The highest BCUT2D eigenvalue weighted by Gasteiger charge is 2.24.